The molecule has 0 radical (unpaired) electrons. The van der Waals surface area contributed by atoms with E-state index in [1.54, 1.807) is 0 Å². The lowest BCUT2D eigenvalue weighted by molar-refractivity contribution is 0.0842. The SMILES string of the molecule is Oc1c2c(c(O)n1-c1ccc3ccccc3c1)[C@H]1C=C[C@@H]2O1. The number of ether oxygens (including phenoxy) is 1. The van der Waals surface area contributed by atoms with Crippen LogP contribution in [0.15, 0.2) is 54.6 Å². The van der Waals surface area contributed by atoms with Crippen molar-refractivity contribution in [3.05, 3.63) is 65.7 Å². The van der Waals surface area contributed by atoms with Crippen LogP contribution in [-0.4, -0.2) is 14.8 Å². The fourth-order valence-corrected chi connectivity index (χ4v) is 3.48. The molecule has 0 fully saturated rings. The van der Waals surface area contributed by atoms with E-state index in [4.69, 9.17) is 4.74 Å². The first-order valence-corrected chi connectivity index (χ1v) is 7.23. The smallest absolute Gasteiger partial charge is 0.205 e. The van der Waals surface area contributed by atoms with Gasteiger partial charge < -0.3 is 14.9 Å². The summed E-state index contributed by atoms with van der Waals surface area (Å²) in [6.45, 7) is 0. The molecule has 1 aromatic heterocycles. The van der Waals surface area contributed by atoms with Crippen LogP contribution in [0.5, 0.6) is 11.8 Å². The minimum atomic E-state index is -0.257. The van der Waals surface area contributed by atoms with Crippen LogP contribution in [0.25, 0.3) is 16.5 Å². The Bertz CT molecular complexity index is 919. The molecule has 4 heteroatoms. The van der Waals surface area contributed by atoms with E-state index in [0.717, 1.165) is 16.5 Å². The Morgan fingerprint density at radius 1 is 0.818 bits per heavy atom. The fourth-order valence-electron chi connectivity index (χ4n) is 3.48. The van der Waals surface area contributed by atoms with Gasteiger partial charge in [-0.15, -0.1) is 0 Å². The predicted molar refractivity (Wildman–Crippen MR) is 82.3 cm³/mol. The van der Waals surface area contributed by atoms with Crippen molar-refractivity contribution in [3.8, 4) is 17.4 Å². The fraction of sp³-hybridized carbons (Fsp3) is 0.111. The Labute approximate surface area is 126 Å². The van der Waals surface area contributed by atoms with Crippen molar-refractivity contribution in [3.63, 3.8) is 0 Å². The zero-order valence-corrected chi connectivity index (χ0v) is 11.6. The average molecular weight is 291 g/mol. The van der Waals surface area contributed by atoms with Gasteiger partial charge in [-0.1, -0.05) is 42.5 Å². The van der Waals surface area contributed by atoms with Crippen LogP contribution in [-0.2, 0) is 4.74 Å². The van der Waals surface area contributed by atoms with E-state index in [9.17, 15) is 10.2 Å². The Morgan fingerprint density at radius 3 is 2.14 bits per heavy atom. The van der Waals surface area contributed by atoms with Gasteiger partial charge in [0.2, 0.25) is 11.8 Å². The van der Waals surface area contributed by atoms with E-state index >= 15 is 0 Å². The number of rotatable bonds is 1. The molecule has 2 aromatic carbocycles. The van der Waals surface area contributed by atoms with Crippen molar-refractivity contribution in [1.82, 2.24) is 4.57 Å². The molecular weight excluding hydrogens is 278 g/mol. The van der Waals surface area contributed by atoms with Gasteiger partial charge in [-0.2, -0.15) is 0 Å². The van der Waals surface area contributed by atoms with E-state index in [1.807, 2.05) is 54.6 Å². The maximum absolute atomic E-state index is 10.6. The summed E-state index contributed by atoms with van der Waals surface area (Å²) in [6, 6.07) is 13.8. The minimum absolute atomic E-state index is 0.0552. The van der Waals surface area contributed by atoms with E-state index in [2.05, 4.69) is 0 Å². The molecular formula is C18H13NO3. The monoisotopic (exact) mass is 291 g/mol. The highest BCUT2D eigenvalue weighted by Crippen LogP contribution is 2.55. The molecule has 0 amide bonds. The van der Waals surface area contributed by atoms with Crippen molar-refractivity contribution in [2.45, 2.75) is 12.2 Å². The summed E-state index contributed by atoms with van der Waals surface area (Å²) in [4.78, 5) is 0. The lowest BCUT2D eigenvalue weighted by atomic mass is 10.0. The number of aromatic hydroxyl groups is 2. The topological polar surface area (TPSA) is 54.6 Å². The lowest BCUT2D eigenvalue weighted by Gasteiger charge is -2.11. The molecule has 2 bridgehead atoms. The van der Waals surface area contributed by atoms with E-state index in [1.165, 1.54) is 4.57 Å². The first kappa shape index (κ1) is 11.9. The summed E-state index contributed by atoms with van der Waals surface area (Å²) in [5.74, 6) is 0.110. The van der Waals surface area contributed by atoms with Crippen LogP contribution >= 0.6 is 0 Å². The second-order valence-electron chi connectivity index (χ2n) is 5.70. The van der Waals surface area contributed by atoms with E-state index < -0.39 is 0 Å². The molecule has 2 aliphatic heterocycles. The van der Waals surface area contributed by atoms with Gasteiger partial charge >= 0.3 is 0 Å². The molecule has 2 aliphatic rings. The second kappa shape index (κ2) is 3.93. The number of nitrogens with zero attached hydrogens (tertiary/aromatic N) is 1. The third kappa shape index (κ3) is 1.35. The molecule has 2 N–H and O–H groups in total. The molecule has 5 rings (SSSR count). The maximum Gasteiger partial charge on any atom is 0.205 e. The summed E-state index contributed by atoms with van der Waals surface area (Å²) in [5, 5.41) is 23.3. The Kier molecular flexibility index (Phi) is 2.12. The highest BCUT2D eigenvalue weighted by Gasteiger charge is 2.42. The first-order valence-electron chi connectivity index (χ1n) is 7.23. The van der Waals surface area contributed by atoms with Crippen LogP contribution in [0.3, 0.4) is 0 Å². The van der Waals surface area contributed by atoms with Crippen molar-refractivity contribution < 1.29 is 14.9 Å². The predicted octanol–water partition coefficient (Wildman–Crippen LogP) is 3.72. The minimum Gasteiger partial charge on any atom is -0.494 e. The highest BCUT2D eigenvalue weighted by molar-refractivity contribution is 5.84. The number of aromatic nitrogens is 1. The van der Waals surface area contributed by atoms with Crippen LogP contribution in [0.4, 0.5) is 0 Å². The average Bonchev–Trinajstić information content (AvgIpc) is 3.21. The van der Waals surface area contributed by atoms with Gasteiger partial charge in [-0.25, -0.2) is 0 Å². The first-order chi connectivity index (χ1) is 10.7. The van der Waals surface area contributed by atoms with Crippen molar-refractivity contribution in [2.75, 3.05) is 0 Å². The Morgan fingerprint density at radius 2 is 1.45 bits per heavy atom. The molecule has 2 atom stereocenters. The van der Waals surface area contributed by atoms with E-state index in [-0.39, 0.29) is 24.0 Å². The van der Waals surface area contributed by atoms with Gasteiger partial charge in [0.1, 0.15) is 12.2 Å². The van der Waals surface area contributed by atoms with Gasteiger partial charge in [0.25, 0.3) is 0 Å². The molecule has 3 heterocycles. The van der Waals surface area contributed by atoms with Crippen molar-refractivity contribution in [1.29, 1.82) is 0 Å². The summed E-state index contributed by atoms with van der Waals surface area (Å²) < 4.78 is 7.15. The molecule has 108 valence electrons. The third-order valence-corrected chi connectivity index (χ3v) is 4.51. The highest BCUT2D eigenvalue weighted by atomic mass is 16.5. The zero-order valence-electron chi connectivity index (χ0n) is 11.6. The van der Waals surface area contributed by atoms with Crippen LogP contribution < -0.4 is 0 Å². The largest absolute Gasteiger partial charge is 0.494 e. The molecule has 4 nitrogen and oxygen atoms in total. The molecule has 0 aliphatic carbocycles. The number of benzene rings is 2. The normalized spacial score (nSPS) is 21.6. The van der Waals surface area contributed by atoms with Gasteiger partial charge in [0.05, 0.1) is 16.8 Å². The van der Waals surface area contributed by atoms with E-state index in [0.29, 0.717) is 11.1 Å². The van der Waals surface area contributed by atoms with Crippen LogP contribution in [0.2, 0.25) is 0 Å². The Balaban J connectivity index is 1.76. The number of fused-ring (bicyclic) bond motifs is 6. The molecule has 0 spiro atoms. The quantitative estimate of drug-likeness (QED) is 0.672. The van der Waals surface area contributed by atoms with Crippen molar-refractivity contribution >= 4 is 10.8 Å². The maximum atomic E-state index is 10.6. The molecule has 3 aromatic rings. The molecule has 0 saturated carbocycles. The summed E-state index contributed by atoms with van der Waals surface area (Å²) in [7, 11) is 0. The van der Waals surface area contributed by atoms with Gasteiger partial charge in [-0.3, -0.25) is 4.57 Å². The summed E-state index contributed by atoms with van der Waals surface area (Å²) in [6.07, 6.45) is 3.31. The van der Waals surface area contributed by atoms with Gasteiger partial charge in [0, 0.05) is 0 Å². The molecule has 0 unspecified atom stereocenters. The zero-order chi connectivity index (χ0) is 14.8. The third-order valence-electron chi connectivity index (χ3n) is 4.51. The molecule has 22 heavy (non-hydrogen) atoms. The number of hydrogen-bond donors (Lipinski definition) is 2. The van der Waals surface area contributed by atoms with Gasteiger partial charge in [-0.05, 0) is 22.9 Å². The van der Waals surface area contributed by atoms with Crippen molar-refractivity contribution in [2.24, 2.45) is 0 Å². The lowest BCUT2D eigenvalue weighted by Crippen LogP contribution is -1.96. The summed E-state index contributed by atoms with van der Waals surface area (Å²) >= 11 is 0. The standard InChI is InChI=1S/C18H13NO3/c20-17-15-13-7-8-14(22-13)16(15)18(21)19(17)12-6-5-10-3-1-2-4-11(10)9-12/h1-9,13-14,20-21H/t13-,14+. The molecule has 0 saturated heterocycles. The van der Waals surface area contributed by atoms with Crippen LogP contribution in [0, 0.1) is 0 Å². The Hall–Kier alpha value is -2.72. The summed E-state index contributed by atoms with van der Waals surface area (Å²) in [5.41, 5.74) is 2.10. The van der Waals surface area contributed by atoms with Crippen LogP contribution in [0.1, 0.15) is 23.3 Å². The second-order valence-corrected chi connectivity index (χ2v) is 5.70. The number of hydrogen-bond acceptors (Lipinski definition) is 3. The van der Waals surface area contributed by atoms with Gasteiger partial charge in [0.15, 0.2) is 0 Å².